The number of nitrogens with one attached hydrogen (secondary N) is 1. The molecular weight excluding hydrogens is 435 g/mol. The quantitative estimate of drug-likeness (QED) is 0.333. The van der Waals surface area contributed by atoms with E-state index in [9.17, 15) is 4.79 Å². The molecule has 0 atom stereocenters. The number of halogens is 2. The average molecular weight is 457 g/mol. The van der Waals surface area contributed by atoms with Crippen LogP contribution in [0.3, 0.4) is 0 Å². The van der Waals surface area contributed by atoms with Crippen LogP contribution in [0.5, 0.6) is 11.5 Å². The summed E-state index contributed by atoms with van der Waals surface area (Å²) in [5, 5.41) is 5.00. The van der Waals surface area contributed by atoms with Crippen LogP contribution < -0.4 is 14.9 Å². The van der Waals surface area contributed by atoms with E-state index in [4.69, 9.17) is 32.7 Å². The molecule has 0 aliphatic heterocycles. The minimum Gasteiger partial charge on any atom is -0.493 e. The fraction of sp³-hybridized carbons (Fsp3) is 0.167. The minimum atomic E-state index is -0.145. The smallest absolute Gasteiger partial charge is 0.240 e. The normalized spacial score (nSPS) is 10.8. The van der Waals surface area contributed by atoms with Crippen molar-refractivity contribution in [2.45, 2.75) is 19.4 Å². The van der Waals surface area contributed by atoms with Crippen molar-refractivity contribution in [1.82, 2.24) is 5.43 Å². The van der Waals surface area contributed by atoms with Crippen molar-refractivity contribution >= 4 is 35.3 Å². The highest BCUT2D eigenvalue weighted by atomic mass is 35.5. The maximum atomic E-state index is 12.0. The van der Waals surface area contributed by atoms with Crippen molar-refractivity contribution in [2.75, 3.05) is 7.11 Å². The Kier molecular flexibility index (Phi) is 8.33. The lowest BCUT2D eigenvalue weighted by atomic mass is 10.1. The molecule has 0 fully saturated rings. The third-order valence-corrected chi connectivity index (χ3v) is 5.19. The van der Waals surface area contributed by atoms with E-state index in [-0.39, 0.29) is 5.91 Å². The number of ether oxygens (including phenoxy) is 2. The third kappa shape index (κ3) is 7.02. The van der Waals surface area contributed by atoms with Crippen LogP contribution in [-0.2, 0) is 17.8 Å². The van der Waals surface area contributed by atoms with E-state index in [1.807, 2.05) is 42.5 Å². The van der Waals surface area contributed by atoms with Gasteiger partial charge in [0.05, 0.1) is 23.4 Å². The Morgan fingerprint density at radius 1 is 0.968 bits per heavy atom. The highest BCUT2D eigenvalue weighted by molar-refractivity contribution is 6.42. The van der Waals surface area contributed by atoms with E-state index in [1.165, 1.54) is 0 Å². The first-order valence-electron chi connectivity index (χ1n) is 9.66. The Morgan fingerprint density at radius 3 is 2.52 bits per heavy atom. The molecular formula is C24H22Cl2N2O3. The van der Waals surface area contributed by atoms with Crippen LogP contribution in [0.4, 0.5) is 0 Å². The van der Waals surface area contributed by atoms with Crippen molar-refractivity contribution in [2.24, 2.45) is 5.10 Å². The van der Waals surface area contributed by atoms with Gasteiger partial charge in [0.1, 0.15) is 6.61 Å². The molecule has 31 heavy (non-hydrogen) atoms. The Hall–Kier alpha value is -3.02. The number of carbonyl (C=O) groups excluding carboxylic acids is 1. The zero-order valence-corrected chi connectivity index (χ0v) is 18.5. The number of nitrogens with zero attached hydrogens (tertiary/aromatic N) is 1. The fourth-order valence-corrected chi connectivity index (χ4v) is 3.13. The highest BCUT2D eigenvalue weighted by Gasteiger charge is 2.07. The lowest BCUT2D eigenvalue weighted by Crippen LogP contribution is -2.17. The van der Waals surface area contributed by atoms with Crippen molar-refractivity contribution in [1.29, 1.82) is 0 Å². The molecule has 5 nitrogen and oxygen atoms in total. The summed E-state index contributed by atoms with van der Waals surface area (Å²) < 4.78 is 11.3. The Balaban J connectivity index is 1.53. The number of hydrogen-bond acceptors (Lipinski definition) is 4. The molecule has 3 rings (SSSR count). The largest absolute Gasteiger partial charge is 0.493 e. The van der Waals surface area contributed by atoms with Gasteiger partial charge in [-0.15, -0.1) is 0 Å². The summed E-state index contributed by atoms with van der Waals surface area (Å²) in [6.45, 7) is 0.318. The highest BCUT2D eigenvalue weighted by Crippen LogP contribution is 2.29. The second-order valence-electron chi connectivity index (χ2n) is 6.73. The fourth-order valence-electron chi connectivity index (χ4n) is 2.81. The van der Waals surface area contributed by atoms with Gasteiger partial charge in [-0.3, -0.25) is 4.79 Å². The van der Waals surface area contributed by atoms with Gasteiger partial charge in [-0.2, -0.15) is 5.10 Å². The van der Waals surface area contributed by atoms with E-state index < -0.39 is 0 Å². The molecule has 0 aliphatic rings. The van der Waals surface area contributed by atoms with E-state index in [0.717, 1.165) is 16.7 Å². The summed E-state index contributed by atoms with van der Waals surface area (Å²) in [5.41, 5.74) is 5.31. The van der Waals surface area contributed by atoms with Crippen LogP contribution in [0.25, 0.3) is 0 Å². The first kappa shape index (κ1) is 22.7. The second-order valence-corrected chi connectivity index (χ2v) is 7.54. The average Bonchev–Trinajstić information content (AvgIpc) is 2.79. The molecule has 0 heterocycles. The van der Waals surface area contributed by atoms with Crippen molar-refractivity contribution in [3.63, 3.8) is 0 Å². The summed E-state index contributed by atoms with van der Waals surface area (Å²) in [6.07, 6.45) is 2.60. The summed E-state index contributed by atoms with van der Waals surface area (Å²) in [7, 11) is 1.56. The molecule has 3 aromatic carbocycles. The van der Waals surface area contributed by atoms with Crippen LogP contribution in [0.1, 0.15) is 23.1 Å². The van der Waals surface area contributed by atoms with Gasteiger partial charge in [0, 0.05) is 6.42 Å². The summed E-state index contributed by atoms with van der Waals surface area (Å²) in [5.74, 6) is 0.991. The van der Waals surface area contributed by atoms with Gasteiger partial charge < -0.3 is 9.47 Å². The molecule has 7 heteroatoms. The molecule has 3 aromatic rings. The van der Waals surface area contributed by atoms with Crippen LogP contribution >= 0.6 is 23.2 Å². The second kappa shape index (κ2) is 11.4. The third-order valence-electron chi connectivity index (χ3n) is 4.45. The van der Waals surface area contributed by atoms with E-state index in [2.05, 4.69) is 10.5 Å². The lowest BCUT2D eigenvalue weighted by molar-refractivity contribution is -0.121. The Morgan fingerprint density at radius 2 is 1.77 bits per heavy atom. The van der Waals surface area contributed by atoms with Gasteiger partial charge in [-0.1, -0.05) is 59.6 Å². The van der Waals surface area contributed by atoms with Gasteiger partial charge in [0.15, 0.2) is 11.5 Å². The molecule has 1 N–H and O–H groups in total. The van der Waals surface area contributed by atoms with Gasteiger partial charge >= 0.3 is 0 Å². The molecule has 0 radical (unpaired) electrons. The Bertz CT molecular complexity index is 1060. The SMILES string of the molecule is COc1cc(/C=N\NC(=O)CCc2ccccc2)ccc1OCc1ccc(Cl)c(Cl)c1. The lowest BCUT2D eigenvalue weighted by Gasteiger charge is -2.11. The molecule has 160 valence electrons. The van der Waals surface area contributed by atoms with Crippen molar-refractivity contribution in [3.8, 4) is 11.5 Å². The summed E-state index contributed by atoms with van der Waals surface area (Å²) in [6, 6.07) is 20.6. The number of hydrogen-bond donors (Lipinski definition) is 1. The van der Waals surface area contributed by atoms with Crippen LogP contribution in [-0.4, -0.2) is 19.2 Å². The molecule has 0 saturated carbocycles. The number of hydrazone groups is 1. The molecule has 0 spiro atoms. The van der Waals surface area contributed by atoms with Gasteiger partial charge in [0.25, 0.3) is 0 Å². The van der Waals surface area contributed by atoms with Gasteiger partial charge in [-0.25, -0.2) is 5.43 Å². The van der Waals surface area contributed by atoms with Crippen molar-refractivity contribution in [3.05, 3.63) is 93.5 Å². The molecule has 0 aliphatic carbocycles. The zero-order valence-electron chi connectivity index (χ0n) is 17.0. The number of rotatable bonds is 9. The number of aryl methyl sites for hydroxylation is 1. The zero-order chi connectivity index (χ0) is 22.1. The van der Waals surface area contributed by atoms with E-state index in [1.54, 1.807) is 37.6 Å². The van der Waals surface area contributed by atoms with Crippen molar-refractivity contribution < 1.29 is 14.3 Å². The first-order valence-corrected chi connectivity index (χ1v) is 10.4. The number of amides is 1. The van der Waals surface area contributed by atoms with Gasteiger partial charge in [0.2, 0.25) is 5.91 Å². The maximum absolute atomic E-state index is 12.0. The Labute approximate surface area is 191 Å². The number of benzene rings is 3. The predicted molar refractivity (Wildman–Crippen MR) is 124 cm³/mol. The standard InChI is InChI=1S/C24H22Cl2N2O3/c1-30-23-14-18(15-27-28-24(29)12-9-17-5-3-2-4-6-17)8-11-22(23)31-16-19-7-10-20(25)21(26)13-19/h2-8,10-11,13-15H,9,12,16H2,1H3,(H,28,29)/b27-15-. The minimum absolute atomic E-state index is 0.145. The summed E-state index contributed by atoms with van der Waals surface area (Å²) in [4.78, 5) is 12.0. The van der Waals surface area contributed by atoms with E-state index in [0.29, 0.717) is 41.0 Å². The van der Waals surface area contributed by atoms with E-state index >= 15 is 0 Å². The molecule has 0 aromatic heterocycles. The van der Waals surface area contributed by atoms with Crippen LogP contribution in [0.15, 0.2) is 71.8 Å². The van der Waals surface area contributed by atoms with Crippen LogP contribution in [0, 0.1) is 0 Å². The maximum Gasteiger partial charge on any atom is 0.240 e. The summed E-state index contributed by atoms with van der Waals surface area (Å²) >= 11 is 12.0. The molecule has 1 amide bonds. The van der Waals surface area contributed by atoms with Crippen LogP contribution in [0.2, 0.25) is 10.0 Å². The number of carbonyl (C=O) groups is 1. The van der Waals surface area contributed by atoms with Gasteiger partial charge in [-0.05, 0) is 53.4 Å². The monoisotopic (exact) mass is 456 g/mol. The molecule has 0 bridgehead atoms. The molecule has 0 saturated heterocycles. The molecule has 0 unspecified atom stereocenters. The number of methoxy groups -OCH3 is 1. The first-order chi connectivity index (χ1) is 15.0. The topological polar surface area (TPSA) is 59.9 Å². The predicted octanol–water partition coefficient (Wildman–Crippen LogP) is 5.66.